The number of carbonyl (C=O) groups is 2. The fourth-order valence-electron chi connectivity index (χ4n) is 3.08. The van der Waals surface area contributed by atoms with Crippen molar-refractivity contribution in [1.29, 1.82) is 0 Å². The fourth-order valence-corrected chi connectivity index (χ4v) is 3.08. The van der Waals surface area contributed by atoms with Crippen molar-refractivity contribution < 1.29 is 14.3 Å². The Morgan fingerprint density at radius 2 is 2.04 bits per heavy atom. The molecular weight excluding hydrogens is 330 g/mol. The molecule has 0 unspecified atom stereocenters. The number of ether oxygens (including phenoxy) is 1. The van der Waals surface area contributed by atoms with Crippen LogP contribution in [0.4, 0.5) is 5.69 Å². The molecule has 0 spiro atoms. The maximum absolute atomic E-state index is 12.2. The van der Waals surface area contributed by atoms with E-state index in [2.05, 4.69) is 5.32 Å². The summed E-state index contributed by atoms with van der Waals surface area (Å²) in [5.41, 5.74) is 0.891. The van der Waals surface area contributed by atoms with Crippen molar-refractivity contribution in [1.82, 2.24) is 10.2 Å². The van der Waals surface area contributed by atoms with Gasteiger partial charge < -0.3 is 19.9 Å². The summed E-state index contributed by atoms with van der Waals surface area (Å²) < 4.78 is 5.60. The Hall–Kier alpha value is -1.79. The van der Waals surface area contributed by atoms with Crippen LogP contribution < -0.4 is 15.0 Å². The summed E-state index contributed by atoms with van der Waals surface area (Å²) in [6.45, 7) is 5.23. The van der Waals surface area contributed by atoms with E-state index in [4.69, 9.17) is 4.74 Å². The predicted octanol–water partition coefficient (Wildman–Crippen LogP) is 1.43. The smallest absolute Gasteiger partial charge is 0.260 e. The van der Waals surface area contributed by atoms with Crippen molar-refractivity contribution in [2.75, 3.05) is 37.7 Å². The van der Waals surface area contributed by atoms with Crippen molar-refractivity contribution in [3.63, 3.8) is 0 Å². The third-order valence-electron chi connectivity index (χ3n) is 4.41. The van der Waals surface area contributed by atoms with Crippen LogP contribution in [0.15, 0.2) is 24.3 Å². The van der Waals surface area contributed by atoms with Gasteiger partial charge in [0.1, 0.15) is 5.75 Å². The van der Waals surface area contributed by atoms with Crippen LogP contribution in [-0.4, -0.2) is 55.5 Å². The van der Waals surface area contributed by atoms with Gasteiger partial charge in [-0.2, -0.15) is 0 Å². The first-order valence-corrected chi connectivity index (χ1v) is 8.18. The molecule has 0 aliphatic carbocycles. The quantitative estimate of drug-likeness (QED) is 0.889. The lowest BCUT2D eigenvalue weighted by Crippen LogP contribution is -2.53. The highest BCUT2D eigenvalue weighted by Crippen LogP contribution is 2.23. The molecule has 24 heavy (non-hydrogen) atoms. The summed E-state index contributed by atoms with van der Waals surface area (Å²) in [6, 6.07) is 7.57. The lowest BCUT2D eigenvalue weighted by Gasteiger charge is -2.33. The highest BCUT2D eigenvalue weighted by atomic mass is 35.5. The molecule has 0 bridgehead atoms. The van der Waals surface area contributed by atoms with Crippen LogP contribution in [0.2, 0.25) is 0 Å². The lowest BCUT2D eigenvalue weighted by atomic mass is 10.2. The molecule has 7 heteroatoms. The second kappa shape index (κ2) is 8.35. The van der Waals surface area contributed by atoms with Gasteiger partial charge >= 0.3 is 0 Å². The topological polar surface area (TPSA) is 61.9 Å². The maximum atomic E-state index is 12.2. The van der Waals surface area contributed by atoms with Crippen molar-refractivity contribution >= 4 is 29.9 Å². The van der Waals surface area contributed by atoms with Gasteiger partial charge in [-0.25, -0.2) is 0 Å². The monoisotopic (exact) mass is 353 g/mol. The number of hydrogen-bond donors (Lipinski definition) is 1. The van der Waals surface area contributed by atoms with E-state index in [0.717, 1.165) is 38.3 Å². The molecule has 6 nitrogen and oxygen atoms in total. The molecule has 2 aliphatic rings. The Labute approximate surface area is 148 Å². The predicted molar refractivity (Wildman–Crippen MR) is 94.8 cm³/mol. The van der Waals surface area contributed by atoms with Crippen LogP contribution in [-0.2, 0) is 9.59 Å². The van der Waals surface area contributed by atoms with E-state index in [0.29, 0.717) is 12.2 Å². The summed E-state index contributed by atoms with van der Waals surface area (Å²) in [4.78, 5) is 27.6. The molecule has 0 aromatic heterocycles. The molecule has 1 N–H and O–H groups in total. The van der Waals surface area contributed by atoms with Crippen molar-refractivity contribution in [3.8, 4) is 5.75 Å². The minimum atomic E-state index is 0. The van der Waals surface area contributed by atoms with Crippen LogP contribution in [0, 0.1) is 0 Å². The van der Waals surface area contributed by atoms with E-state index in [-0.39, 0.29) is 36.9 Å². The number of halogens is 1. The van der Waals surface area contributed by atoms with Crippen LogP contribution in [0.5, 0.6) is 5.75 Å². The number of nitrogens with zero attached hydrogens (tertiary/aromatic N) is 2. The second-order valence-corrected chi connectivity index (χ2v) is 6.07. The number of nitrogens with one attached hydrogen (secondary N) is 1. The first-order chi connectivity index (χ1) is 11.1. The molecule has 2 amide bonds. The molecule has 0 saturated carbocycles. The molecule has 2 fully saturated rings. The molecule has 2 heterocycles. The number of carbonyl (C=O) groups excluding carboxylic acids is 2. The molecule has 132 valence electrons. The summed E-state index contributed by atoms with van der Waals surface area (Å²) in [5, 5.41) is 3.26. The van der Waals surface area contributed by atoms with Gasteiger partial charge in [0, 0.05) is 44.3 Å². The Morgan fingerprint density at radius 3 is 2.67 bits per heavy atom. The normalized spacial score (nSPS) is 20.7. The number of piperazine rings is 1. The molecule has 0 radical (unpaired) electrons. The van der Waals surface area contributed by atoms with Gasteiger partial charge in [0.15, 0.2) is 6.61 Å². The number of anilines is 1. The average molecular weight is 354 g/mol. The average Bonchev–Trinajstić information content (AvgIpc) is 2.99. The van der Waals surface area contributed by atoms with Gasteiger partial charge in [-0.1, -0.05) is 0 Å². The summed E-state index contributed by atoms with van der Waals surface area (Å²) in [5.74, 6) is 0.830. The molecule has 1 atom stereocenters. The Balaban J connectivity index is 0.00000208. The highest BCUT2D eigenvalue weighted by Gasteiger charge is 2.23. The van der Waals surface area contributed by atoms with Crippen LogP contribution in [0.25, 0.3) is 0 Å². The first kappa shape index (κ1) is 18.5. The molecule has 3 rings (SSSR count). The van der Waals surface area contributed by atoms with Gasteiger partial charge in [-0.05, 0) is 37.6 Å². The molecule has 2 aliphatic heterocycles. The summed E-state index contributed by atoms with van der Waals surface area (Å²) >= 11 is 0. The summed E-state index contributed by atoms with van der Waals surface area (Å²) in [7, 11) is 0. The van der Waals surface area contributed by atoms with E-state index in [9.17, 15) is 9.59 Å². The van der Waals surface area contributed by atoms with E-state index < -0.39 is 0 Å². The van der Waals surface area contributed by atoms with E-state index in [1.54, 1.807) is 4.90 Å². The minimum absolute atomic E-state index is 0. The molecule has 1 aromatic carbocycles. The number of hydrogen-bond acceptors (Lipinski definition) is 4. The van der Waals surface area contributed by atoms with Gasteiger partial charge in [0.2, 0.25) is 5.91 Å². The third-order valence-corrected chi connectivity index (χ3v) is 4.41. The fraction of sp³-hybridized carbons (Fsp3) is 0.529. The largest absolute Gasteiger partial charge is 0.484 e. The standard InChI is InChI=1S/C17H23N3O3.ClH/c1-13-11-18-8-10-19(13)17(22)12-23-15-6-4-14(5-7-15)20-9-2-3-16(20)21;/h4-7,13,18H,2-3,8-12H2,1H3;1H/t13-;/m0./s1. The Bertz CT molecular complexity index is 579. The Kier molecular flexibility index (Phi) is 6.45. The van der Waals surface area contributed by atoms with E-state index in [1.807, 2.05) is 36.1 Å². The highest BCUT2D eigenvalue weighted by molar-refractivity contribution is 5.95. The number of rotatable bonds is 4. The minimum Gasteiger partial charge on any atom is -0.484 e. The van der Waals surface area contributed by atoms with Crippen molar-refractivity contribution in [2.45, 2.75) is 25.8 Å². The lowest BCUT2D eigenvalue weighted by molar-refractivity contribution is -0.136. The van der Waals surface area contributed by atoms with Crippen molar-refractivity contribution in [2.24, 2.45) is 0 Å². The van der Waals surface area contributed by atoms with Crippen molar-refractivity contribution in [3.05, 3.63) is 24.3 Å². The molecule has 2 saturated heterocycles. The number of amides is 2. The SMILES string of the molecule is C[C@H]1CNCCN1C(=O)COc1ccc(N2CCCC2=O)cc1.Cl. The zero-order chi connectivity index (χ0) is 16.2. The molecular formula is C17H24ClN3O3. The maximum Gasteiger partial charge on any atom is 0.260 e. The third kappa shape index (κ3) is 4.19. The van der Waals surface area contributed by atoms with Crippen LogP contribution in [0.1, 0.15) is 19.8 Å². The number of benzene rings is 1. The zero-order valence-electron chi connectivity index (χ0n) is 13.9. The van der Waals surface area contributed by atoms with Gasteiger partial charge in [-0.3, -0.25) is 9.59 Å². The first-order valence-electron chi connectivity index (χ1n) is 8.18. The van der Waals surface area contributed by atoms with E-state index >= 15 is 0 Å². The van der Waals surface area contributed by atoms with E-state index in [1.165, 1.54) is 0 Å². The Morgan fingerprint density at radius 1 is 1.29 bits per heavy atom. The van der Waals surface area contributed by atoms with Gasteiger partial charge in [0.25, 0.3) is 5.91 Å². The van der Waals surface area contributed by atoms with Gasteiger partial charge in [-0.15, -0.1) is 12.4 Å². The molecule has 1 aromatic rings. The summed E-state index contributed by atoms with van der Waals surface area (Å²) in [6.07, 6.45) is 1.53. The van der Waals surface area contributed by atoms with Gasteiger partial charge in [0.05, 0.1) is 0 Å². The second-order valence-electron chi connectivity index (χ2n) is 6.07. The van der Waals surface area contributed by atoms with Crippen LogP contribution in [0.3, 0.4) is 0 Å². The van der Waals surface area contributed by atoms with Crippen LogP contribution >= 0.6 is 12.4 Å². The zero-order valence-corrected chi connectivity index (χ0v) is 14.7.